The van der Waals surface area contributed by atoms with Gasteiger partial charge in [0.15, 0.2) is 0 Å². The molecule has 1 amide bonds. The Hall–Kier alpha value is -1.78. The normalized spacial score (nSPS) is 17.4. The van der Waals surface area contributed by atoms with Gasteiger partial charge in [0.05, 0.1) is 6.04 Å². The fourth-order valence-corrected chi connectivity index (χ4v) is 3.37. The molecule has 1 fully saturated rings. The van der Waals surface area contributed by atoms with Gasteiger partial charge in [0, 0.05) is 16.3 Å². The van der Waals surface area contributed by atoms with Crippen LogP contribution < -0.4 is 10.6 Å². The van der Waals surface area contributed by atoms with Gasteiger partial charge in [0.1, 0.15) is 0 Å². The number of carbonyl (C=O) groups is 1. The highest BCUT2D eigenvalue weighted by molar-refractivity contribution is 7.98. The Morgan fingerprint density at radius 1 is 1.14 bits per heavy atom. The van der Waals surface area contributed by atoms with Crippen LogP contribution in [0.3, 0.4) is 0 Å². The molecule has 0 radical (unpaired) electrons. The summed E-state index contributed by atoms with van der Waals surface area (Å²) in [5.74, 6) is 1.03. The maximum absolute atomic E-state index is 12.0. The summed E-state index contributed by atoms with van der Waals surface area (Å²) >= 11 is 1.80. The van der Waals surface area contributed by atoms with E-state index in [1.807, 2.05) is 18.2 Å². The zero-order valence-electron chi connectivity index (χ0n) is 12.4. The molecule has 2 aromatic carbocycles. The summed E-state index contributed by atoms with van der Waals surface area (Å²) in [6, 6.07) is 18.5. The number of carbonyl (C=O) groups excluding carboxylic acids is 1. The quantitative estimate of drug-likeness (QED) is 0.828. The molecule has 1 saturated heterocycles. The van der Waals surface area contributed by atoms with Gasteiger partial charge in [-0.25, -0.2) is 0 Å². The van der Waals surface area contributed by atoms with Crippen molar-refractivity contribution in [2.75, 3.05) is 11.9 Å². The number of hydrogen-bond acceptors (Lipinski definition) is 3. The molecule has 1 atom stereocenters. The molecule has 1 heterocycles. The third kappa shape index (κ3) is 4.12. The van der Waals surface area contributed by atoms with E-state index in [-0.39, 0.29) is 11.9 Å². The van der Waals surface area contributed by atoms with E-state index >= 15 is 0 Å². The molecule has 3 rings (SSSR count). The SMILES string of the molecule is O=C(Nc1ccc(SCc2ccccc2)cc1)C1CCCN1. The van der Waals surface area contributed by atoms with E-state index < -0.39 is 0 Å². The smallest absolute Gasteiger partial charge is 0.241 e. The Morgan fingerprint density at radius 2 is 1.91 bits per heavy atom. The standard InChI is InChI=1S/C18H20N2OS/c21-18(17-7-4-12-19-17)20-15-8-10-16(11-9-15)22-13-14-5-2-1-3-6-14/h1-3,5-6,8-11,17,19H,4,7,12-13H2,(H,20,21). The number of thioether (sulfide) groups is 1. The predicted octanol–water partition coefficient (Wildman–Crippen LogP) is 3.67. The molecular weight excluding hydrogens is 292 g/mol. The van der Waals surface area contributed by atoms with Crippen molar-refractivity contribution in [2.24, 2.45) is 0 Å². The van der Waals surface area contributed by atoms with Crippen molar-refractivity contribution in [2.45, 2.75) is 29.5 Å². The fourth-order valence-electron chi connectivity index (χ4n) is 2.51. The first-order valence-electron chi connectivity index (χ1n) is 7.62. The molecular formula is C18H20N2OS. The minimum atomic E-state index is -0.0351. The monoisotopic (exact) mass is 312 g/mol. The van der Waals surface area contributed by atoms with E-state index in [0.29, 0.717) is 0 Å². The van der Waals surface area contributed by atoms with Crippen LogP contribution in [0.4, 0.5) is 5.69 Å². The van der Waals surface area contributed by atoms with Crippen molar-refractivity contribution < 1.29 is 4.79 Å². The van der Waals surface area contributed by atoms with Gasteiger partial charge < -0.3 is 10.6 Å². The van der Waals surface area contributed by atoms with E-state index in [1.54, 1.807) is 11.8 Å². The number of hydrogen-bond donors (Lipinski definition) is 2. The average Bonchev–Trinajstić information content (AvgIpc) is 3.10. The van der Waals surface area contributed by atoms with Crippen LogP contribution in [0.2, 0.25) is 0 Å². The second-order valence-corrected chi connectivity index (χ2v) is 6.49. The predicted molar refractivity (Wildman–Crippen MR) is 92.1 cm³/mol. The molecule has 0 spiro atoms. The van der Waals surface area contributed by atoms with Crippen LogP contribution in [0.15, 0.2) is 59.5 Å². The molecule has 1 unspecified atom stereocenters. The summed E-state index contributed by atoms with van der Waals surface area (Å²) in [5, 5.41) is 6.18. The molecule has 0 saturated carbocycles. The summed E-state index contributed by atoms with van der Waals surface area (Å²) in [6.07, 6.45) is 2.00. The van der Waals surface area contributed by atoms with E-state index in [9.17, 15) is 4.79 Å². The summed E-state index contributed by atoms with van der Waals surface area (Å²) in [5.41, 5.74) is 2.18. The topological polar surface area (TPSA) is 41.1 Å². The molecule has 1 aliphatic rings. The van der Waals surface area contributed by atoms with Gasteiger partial charge in [-0.15, -0.1) is 11.8 Å². The fraction of sp³-hybridized carbons (Fsp3) is 0.278. The lowest BCUT2D eigenvalue weighted by molar-refractivity contribution is -0.117. The number of rotatable bonds is 5. The molecule has 3 nitrogen and oxygen atoms in total. The van der Waals surface area contributed by atoms with E-state index in [1.165, 1.54) is 10.5 Å². The second kappa shape index (κ2) is 7.47. The minimum Gasteiger partial charge on any atom is -0.325 e. The van der Waals surface area contributed by atoms with Gasteiger partial charge in [0.25, 0.3) is 0 Å². The van der Waals surface area contributed by atoms with Gasteiger partial charge in [-0.05, 0) is 49.2 Å². The van der Waals surface area contributed by atoms with Crippen LogP contribution in [0.25, 0.3) is 0 Å². The van der Waals surface area contributed by atoms with Crippen molar-refractivity contribution >= 4 is 23.4 Å². The van der Waals surface area contributed by atoms with E-state index in [0.717, 1.165) is 30.8 Å². The van der Waals surface area contributed by atoms with Crippen molar-refractivity contribution in [1.29, 1.82) is 0 Å². The Kier molecular flexibility index (Phi) is 5.14. The van der Waals surface area contributed by atoms with Crippen LogP contribution >= 0.6 is 11.8 Å². The zero-order valence-corrected chi connectivity index (χ0v) is 13.2. The third-order valence-electron chi connectivity index (χ3n) is 3.75. The van der Waals surface area contributed by atoms with Crippen molar-refractivity contribution in [1.82, 2.24) is 5.32 Å². The first-order chi connectivity index (χ1) is 10.8. The van der Waals surface area contributed by atoms with E-state index in [4.69, 9.17) is 0 Å². The summed E-state index contributed by atoms with van der Waals surface area (Å²) < 4.78 is 0. The van der Waals surface area contributed by atoms with Crippen LogP contribution in [-0.4, -0.2) is 18.5 Å². The Balaban J connectivity index is 1.52. The number of amides is 1. The van der Waals surface area contributed by atoms with Gasteiger partial charge in [-0.1, -0.05) is 30.3 Å². The molecule has 1 aliphatic heterocycles. The summed E-state index contributed by atoms with van der Waals surface area (Å²) in [7, 11) is 0. The molecule has 2 aromatic rings. The van der Waals surface area contributed by atoms with Gasteiger partial charge >= 0.3 is 0 Å². The zero-order chi connectivity index (χ0) is 15.2. The molecule has 0 aromatic heterocycles. The molecule has 22 heavy (non-hydrogen) atoms. The largest absolute Gasteiger partial charge is 0.325 e. The van der Waals surface area contributed by atoms with Gasteiger partial charge in [-0.2, -0.15) is 0 Å². The Morgan fingerprint density at radius 3 is 2.59 bits per heavy atom. The average molecular weight is 312 g/mol. The van der Waals surface area contributed by atoms with Crippen LogP contribution in [0.1, 0.15) is 18.4 Å². The van der Waals surface area contributed by atoms with E-state index in [2.05, 4.69) is 47.0 Å². The Labute approximate surface area is 135 Å². The highest BCUT2D eigenvalue weighted by atomic mass is 32.2. The number of anilines is 1. The lowest BCUT2D eigenvalue weighted by atomic mass is 10.2. The first-order valence-corrected chi connectivity index (χ1v) is 8.61. The second-order valence-electron chi connectivity index (χ2n) is 5.44. The molecule has 4 heteroatoms. The summed E-state index contributed by atoms with van der Waals surface area (Å²) in [4.78, 5) is 13.2. The summed E-state index contributed by atoms with van der Waals surface area (Å²) in [6.45, 7) is 0.938. The lowest BCUT2D eigenvalue weighted by Gasteiger charge is -2.11. The highest BCUT2D eigenvalue weighted by Crippen LogP contribution is 2.24. The Bertz CT molecular complexity index is 607. The molecule has 2 N–H and O–H groups in total. The minimum absolute atomic E-state index is 0.0351. The van der Waals surface area contributed by atoms with Crippen molar-refractivity contribution in [3.05, 3.63) is 60.2 Å². The van der Waals surface area contributed by atoms with Crippen LogP contribution in [-0.2, 0) is 10.5 Å². The maximum Gasteiger partial charge on any atom is 0.241 e. The van der Waals surface area contributed by atoms with Gasteiger partial charge in [-0.3, -0.25) is 4.79 Å². The third-order valence-corrected chi connectivity index (χ3v) is 4.83. The van der Waals surface area contributed by atoms with Crippen LogP contribution in [0.5, 0.6) is 0 Å². The maximum atomic E-state index is 12.0. The highest BCUT2D eigenvalue weighted by Gasteiger charge is 2.21. The molecule has 0 aliphatic carbocycles. The number of nitrogens with one attached hydrogen (secondary N) is 2. The first kappa shape index (κ1) is 15.1. The van der Waals surface area contributed by atoms with Crippen molar-refractivity contribution in [3.63, 3.8) is 0 Å². The van der Waals surface area contributed by atoms with Crippen molar-refractivity contribution in [3.8, 4) is 0 Å². The van der Waals surface area contributed by atoms with Crippen LogP contribution in [0, 0.1) is 0 Å². The molecule has 0 bridgehead atoms. The number of benzene rings is 2. The van der Waals surface area contributed by atoms with Gasteiger partial charge in [0.2, 0.25) is 5.91 Å². The lowest BCUT2D eigenvalue weighted by Crippen LogP contribution is -2.35. The molecule has 114 valence electrons.